The molecule has 0 spiro atoms. The molecule has 1 fully saturated rings. The first-order chi connectivity index (χ1) is 19.7. The van der Waals surface area contributed by atoms with Crippen molar-refractivity contribution in [3.05, 3.63) is 57.3 Å². The normalized spacial score (nSPS) is 16.4. The number of Topliss-reactive ketones (excluding diaryl/α,β-unsaturated/α-hetero) is 1. The van der Waals surface area contributed by atoms with Gasteiger partial charge < -0.3 is 25.7 Å². The Morgan fingerprint density at radius 1 is 1.24 bits per heavy atom. The van der Waals surface area contributed by atoms with Crippen molar-refractivity contribution >= 4 is 52.6 Å². The highest BCUT2D eigenvalue weighted by molar-refractivity contribution is 6.41. The van der Waals surface area contributed by atoms with E-state index in [9.17, 15) is 14.4 Å². The number of hydrogen-bond acceptors (Lipinski definition) is 9. The zero-order valence-corrected chi connectivity index (χ0v) is 23.8. The minimum atomic E-state index is -0.358. The van der Waals surface area contributed by atoms with Crippen LogP contribution in [0.25, 0.3) is 11.6 Å². The molecule has 2 amide bonds. The molecule has 0 aliphatic carbocycles. The molecule has 41 heavy (non-hydrogen) atoms. The zero-order chi connectivity index (χ0) is 29.3. The van der Waals surface area contributed by atoms with Crippen molar-refractivity contribution in [2.24, 2.45) is 0 Å². The number of aryl methyl sites for hydroxylation is 1. The Bertz CT molecular complexity index is 1560. The van der Waals surface area contributed by atoms with Crippen molar-refractivity contribution in [3.63, 3.8) is 0 Å². The lowest BCUT2D eigenvalue weighted by Crippen LogP contribution is -2.39. The first-order valence-corrected chi connectivity index (χ1v) is 13.6. The van der Waals surface area contributed by atoms with Crippen LogP contribution in [-0.4, -0.2) is 75.7 Å². The van der Waals surface area contributed by atoms with Crippen molar-refractivity contribution in [1.82, 2.24) is 30.2 Å². The van der Waals surface area contributed by atoms with Crippen LogP contribution in [0.4, 0.5) is 11.8 Å². The van der Waals surface area contributed by atoms with Gasteiger partial charge in [0.15, 0.2) is 5.82 Å². The molecule has 0 bridgehead atoms. The summed E-state index contributed by atoms with van der Waals surface area (Å²) in [7, 11) is 1.59. The third-order valence-electron chi connectivity index (χ3n) is 7.32. The van der Waals surface area contributed by atoms with Crippen LogP contribution in [0.1, 0.15) is 51.3 Å². The van der Waals surface area contributed by atoms with Gasteiger partial charge >= 0.3 is 0 Å². The number of rotatable bonds is 8. The van der Waals surface area contributed by atoms with Crippen molar-refractivity contribution in [1.29, 1.82) is 0 Å². The number of methoxy groups -OCH3 is 1. The molecule has 13 heteroatoms. The second-order valence-corrected chi connectivity index (χ2v) is 10.4. The number of nitrogens with two attached hydrogens (primary N) is 1. The molecule has 214 valence electrons. The highest BCUT2D eigenvalue weighted by atomic mass is 35.5. The van der Waals surface area contributed by atoms with Gasteiger partial charge in [0.25, 0.3) is 11.8 Å². The molecule has 0 atom stereocenters. The first-order valence-electron chi connectivity index (χ1n) is 13.2. The average Bonchev–Trinajstić information content (AvgIpc) is 3.50. The van der Waals surface area contributed by atoms with Gasteiger partial charge in [0, 0.05) is 68.2 Å². The van der Waals surface area contributed by atoms with Gasteiger partial charge in [0.05, 0.1) is 36.0 Å². The van der Waals surface area contributed by atoms with Crippen LogP contribution in [0.3, 0.4) is 0 Å². The summed E-state index contributed by atoms with van der Waals surface area (Å²) in [5.74, 6) is 0.591. The Morgan fingerprint density at radius 3 is 2.73 bits per heavy atom. The molecular formula is C28H31ClN8O4. The summed E-state index contributed by atoms with van der Waals surface area (Å²) < 4.78 is 5.52. The number of hydrogen-bond donors (Lipinski definition) is 3. The number of nitrogen functional groups attached to an aromatic ring is 1. The number of pyridine rings is 1. The summed E-state index contributed by atoms with van der Waals surface area (Å²) in [5.41, 5.74) is 9.76. The van der Waals surface area contributed by atoms with Gasteiger partial charge in [-0.2, -0.15) is 4.98 Å². The number of carbonyl (C=O) groups is 3. The maximum atomic E-state index is 13.7. The number of H-pyrrole nitrogens is 1. The monoisotopic (exact) mass is 578 g/mol. The molecule has 5 heterocycles. The van der Waals surface area contributed by atoms with Gasteiger partial charge in [-0.05, 0) is 26.0 Å². The smallest absolute Gasteiger partial charge is 0.260 e. The van der Waals surface area contributed by atoms with E-state index in [1.165, 1.54) is 4.90 Å². The number of ether oxygens (including phenoxy) is 1. The molecule has 3 aromatic rings. The number of aromatic nitrogens is 4. The van der Waals surface area contributed by atoms with Crippen LogP contribution in [0.2, 0.25) is 5.15 Å². The predicted octanol–water partition coefficient (Wildman–Crippen LogP) is 2.54. The summed E-state index contributed by atoms with van der Waals surface area (Å²) in [5, 5.41) is 2.95. The van der Waals surface area contributed by atoms with E-state index < -0.39 is 0 Å². The Balaban J connectivity index is 1.36. The lowest BCUT2D eigenvalue weighted by Gasteiger charge is -2.25. The van der Waals surface area contributed by atoms with E-state index in [0.29, 0.717) is 67.3 Å². The van der Waals surface area contributed by atoms with Crippen molar-refractivity contribution in [2.45, 2.75) is 33.2 Å². The fraction of sp³-hybridized carbons (Fsp3) is 0.357. The predicted molar refractivity (Wildman–Crippen MR) is 155 cm³/mol. The van der Waals surface area contributed by atoms with Crippen LogP contribution in [-0.2, 0) is 16.1 Å². The maximum absolute atomic E-state index is 13.7. The number of aromatic amines is 1. The second kappa shape index (κ2) is 11.7. The van der Waals surface area contributed by atoms with Gasteiger partial charge in [0.1, 0.15) is 16.7 Å². The summed E-state index contributed by atoms with van der Waals surface area (Å²) in [6.45, 7) is 6.46. The van der Waals surface area contributed by atoms with E-state index in [-0.39, 0.29) is 46.6 Å². The van der Waals surface area contributed by atoms with Crippen LogP contribution >= 0.6 is 11.6 Å². The van der Waals surface area contributed by atoms with Gasteiger partial charge in [0.2, 0.25) is 5.95 Å². The molecule has 12 nitrogen and oxygen atoms in total. The number of piperidine rings is 1. The van der Waals surface area contributed by atoms with Crippen LogP contribution < -0.4 is 20.7 Å². The largest absolute Gasteiger partial charge is 0.496 e. The van der Waals surface area contributed by atoms with Crippen molar-refractivity contribution in [3.8, 4) is 5.75 Å². The first kappa shape index (κ1) is 28.2. The number of amides is 2. The molecule has 0 aromatic carbocycles. The van der Waals surface area contributed by atoms with E-state index in [4.69, 9.17) is 22.1 Å². The number of carbonyl (C=O) groups excluding carboxylic acids is 3. The minimum Gasteiger partial charge on any atom is -0.496 e. The summed E-state index contributed by atoms with van der Waals surface area (Å²) in [6, 6.07) is 1.65. The molecule has 2 aliphatic rings. The van der Waals surface area contributed by atoms with Gasteiger partial charge in [-0.25, -0.2) is 4.98 Å². The van der Waals surface area contributed by atoms with E-state index in [1.807, 2.05) is 13.8 Å². The van der Waals surface area contributed by atoms with Crippen LogP contribution in [0, 0.1) is 13.8 Å². The quantitative estimate of drug-likeness (QED) is 0.269. The summed E-state index contributed by atoms with van der Waals surface area (Å²) >= 11 is 6.47. The van der Waals surface area contributed by atoms with E-state index in [2.05, 4.69) is 30.2 Å². The number of halogens is 1. The van der Waals surface area contributed by atoms with E-state index >= 15 is 0 Å². The number of anilines is 2. The van der Waals surface area contributed by atoms with E-state index in [0.717, 1.165) is 11.1 Å². The van der Waals surface area contributed by atoms with Crippen LogP contribution in [0.5, 0.6) is 5.75 Å². The van der Waals surface area contributed by atoms with Crippen molar-refractivity contribution in [2.75, 3.05) is 43.9 Å². The SMILES string of the molecule is COc1c(C)cnc(CN2C(=O)/C(=C\c3cc(C(=O)NCCN4CCC(=O)CC4)c[nH]3)c3c(Cl)nc(N)nc32)c1C. The summed E-state index contributed by atoms with van der Waals surface area (Å²) in [4.78, 5) is 57.4. The molecule has 0 saturated carbocycles. The van der Waals surface area contributed by atoms with Crippen LogP contribution in [0.15, 0.2) is 18.5 Å². The maximum Gasteiger partial charge on any atom is 0.260 e. The Hall–Kier alpha value is -4.29. The lowest BCUT2D eigenvalue weighted by molar-refractivity contribution is -0.121. The van der Waals surface area contributed by atoms with Crippen molar-refractivity contribution < 1.29 is 19.1 Å². The fourth-order valence-electron chi connectivity index (χ4n) is 5.11. The lowest BCUT2D eigenvalue weighted by atomic mass is 10.1. The Morgan fingerprint density at radius 2 is 2.00 bits per heavy atom. The Kier molecular flexibility index (Phi) is 8.04. The Labute approximate surface area is 241 Å². The van der Waals surface area contributed by atoms with Gasteiger partial charge in [-0.3, -0.25) is 24.3 Å². The third kappa shape index (κ3) is 5.79. The molecule has 2 aliphatic heterocycles. The molecule has 4 N–H and O–H groups in total. The highest BCUT2D eigenvalue weighted by Gasteiger charge is 2.37. The summed E-state index contributed by atoms with van der Waals surface area (Å²) in [6.07, 6.45) is 6.00. The number of nitrogens with one attached hydrogen (secondary N) is 2. The number of nitrogens with zero attached hydrogens (tertiary/aromatic N) is 5. The molecule has 0 radical (unpaired) electrons. The van der Waals surface area contributed by atoms with Gasteiger partial charge in [-0.15, -0.1) is 0 Å². The average molecular weight is 579 g/mol. The molecule has 3 aromatic heterocycles. The number of ketones is 1. The topological polar surface area (TPSA) is 159 Å². The second-order valence-electron chi connectivity index (χ2n) is 10.0. The number of fused-ring (bicyclic) bond motifs is 1. The zero-order valence-electron chi connectivity index (χ0n) is 23.1. The molecule has 5 rings (SSSR count). The highest BCUT2D eigenvalue weighted by Crippen LogP contribution is 2.41. The number of likely N-dealkylation sites (tertiary alicyclic amines) is 1. The standard InChI is InChI=1S/C28H31ClN8O4/c1-15-12-33-21(16(2)23(15)41-3)14-37-25-22(24(29)34-28(30)35-25)20(27(37)40)11-18-10-17(13-32-18)26(39)31-6-9-36-7-4-19(38)5-8-36/h10-13,32H,4-9,14H2,1-3H3,(H,31,39)(H2,30,34,35)/b20-11-. The third-order valence-corrected chi connectivity index (χ3v) is 7.59. The minimum absolute atomic E-state index is 0.0460. The molecular weight excluding hydrogens is 548 g/mol. The fourth-order valence-corrected chi connectivity index (χ4v) is 5.38. The molecule has 0 unspecified atom stereocenters. The van der Waals surface area contributed by atoms with E-state index in [1.54, 1.807) is 31.6 Å². The molecule has 1 saturated heterocycles. The van der Waals surface area contributed by atoms with Gasteiger partial charge in [-0.1, -0.05) is 11.6 Å².